The Balaban J connectivity index is 1.24. The SMILES string of the molecule is Cc1ccccc1-n1ncc(C(F)F)c1C1=CC2(CCN(c3ccc4c(C(=O)O)cn(C)c4c3)CC2)C1. The summed E-state index contributed by atoms with van der Waals surface area (Å²) >= 11 is 0. The van der Waals surface area contributed by atoms with Crippen LogP contribution < -0.4 is 4.90 Å². The lowest BCUT2D eigenvalue weighted by molar-refractivity contribution is 0.0698. The highest BCUT2D eigenvalue weighted by Crippen LogP contribution is 2.52. The third-order valence-corrected chi connectivity index (χ3v) is 8.03. The molecule has 1 saturated heterocycles. The molecule has 4 aromatic rings. The van der Waals surface area contributed by atoms with Gasteiger partial charge < -0.3 is 14.6 Å². The average molecular weight is 503 g/mol. The van der Waals surface area contributed by atoms with Gasteiger partial charge in [0.15, 0.2) is 0 Å². The van der Waals surface area contributed by atoms with Crippen molar-refractivity contribution in [1.82, 2.24) is 14.3 Å². The van der Waals surface area contributed by atoms with E-state index in [0.29, 0.717) is 11.3 Å². The number of para-hydroxylation sites is 1. The predicted molar refractivity (Wildman–Crippen MR) is 140 cm³/mol. The lowest BCUT2D eigenvalue weighted by atomic mass is 9.64. The van der Waals surface area contributed by atoms with Gasteiger partial charge in [0.1, 0.15) is 0 Å². The van der Waals surface area contributed by atoms with Gasteiger partial charge in [0.2, 0.25) is 0 Å². The summed E-state index contributed by atoms with van der Waals surface area (Å²) in [6, 6.07) is 13.6. The van der Waals surface area contributed by atoms with E-state index in [1.54, 1.807) is 10.9 Å². The molecule has 3 heterocycles. The van der Waals surface area contributed by atoms with Gasteiger partial charge in [-0.1, -0.05) is 24.3 Å². The molecule has 1 spiro atoms. The van der Waals surface area contributed by atoms with Crippen LogP contribution >= 0.6 is 0 Å². The van der Waals surface area contributed by atoms with Crippen molar-refractivity contribution in [3.8, 4) is 5.69 Å². The van der Waals surface area contributed by atoms with E-state index in [-0.39, 0.29) is 11.0 Å². The van der Waals surface area contributed by atoms with Gasteiger partial charge in [0, 0.05) is 37.4 Å². The number of carboxylic acids is 1. The number of aromatic carboxylic acids is 1. The second-order valence-electron chi connectivity index (χ2n) is 10.3. The molecular weight excluding hydrogens is 474 g/mol. The fraction of sp³-hybridized carbons (Fsp3) is 0.310. The second-order valence-corrected chi connectivity index (χ2v) is 10.3. The molecule has 0 amide bonds. The summed E-state index contributed by atoms with van der Waals surface area (Å²) in [4.78, 5) is 13.9. The van der Waals surface area contributed by atoms with Gasteiger partial charge >= 0.3 is 5.97 Å². The molecule has 2 aromatic heterocycles. The molecule has 8 heteroatoms. The minimum Gasteiger partial charge on any atom is -0.478 e. The highest BCUT2D eigenvalue weighted by atomic mass is 19.3. The maximum Gasteiger partial charge on any atom is 0.337 e. The number of hydrogen-bond acceptors (Lipinski definition) is 3. The zero-order valence-corrected chi connectivity index (χ0v) is 20.8. The smallest absolute Gasteiger partial charge is 0.337 e. The Kier molecular flexibility index (Phi) is 5.44. The van der Waals surface area contributed by atoms with E-state index < -0.39 is 12.4 Å². The monoisotopic (exact) mass is 502 g/mol. The van der Waals surface area contributed by atoms with Crippen LogP contribution in [0.25, 0.3) is 22.2 Å². The van der Waals surface area contributed by atoms with E-state index >= 15 is 0 Å². The number of carbonyl (C=O) groups is 1. The van der Waals surface area contributed by atoms with Gasteiger partial charge in [-0.15, -0.1) is 0 Å². The lowest BCUT2D eigenvalue weighted by Crippen LogP contribution is -2.42. The van der Waals surface area contributed by atoms with Crippen molar-refractivity contribution in [2.45, 2.75) is 32.6 Å². The van der Waals surface area contributed by atoms with E-state index in [9.17, 15) is 18.7 Å². The maximum atomic E-state index is 13.9. The van der Waals surface area contributed by atoms with E-state index in [2.05, 4.69) is 22.1 Å². The van der Waals surface area contributed by atoms with Gasteiger partial charge in [-0.25, -0.2) is 18.3 Å². The Morgan fingerprint density at radius 2 is 1.86 bits per heavy atom. The van der Waals surface area contributed by atoms with Crippen molar-refractivity contribution in [2.75, 3.05) is 18.0 Å². The summed E-state index contributed by atoms with van der Waals surface area (Å²) < 4.78 is 31.4. The first-order valence-electron chi connectivity index (χ1n) is 12.5. The van der Waals surface area contributed by atoms with Crippen LogP contribution in [0, 0.1) is 12.3 Å². The van der Waals surface area contributed by atoms with Crippen LogP contribution in [0.4, 0.5) is 14.5 Å². The summed E-state index contributed by atoms with van der Waals surface area (Å²) in [6.07, 6.45) is 5.20. The summed E-state index contributed by atoms with van der Waals surface area (Å²) in [6.45, 7) is 3.67. The largest absolute Gasteiger partial charge is 0.478 e. The zero-order valence-electron chi connectivity index (χ0n) is 20.8. The number of aromatic nitrogens is 3. The first-order valence-corrected chi connectivity index (χ1v) is 12.5. The number of fused-ring (bicyclic) bond motifs is 1. The van der Waals surface area contributed by atoms with Gasteiger partial charge in [0.05, 0.1) is 34.2 Å². The van der Waals surface area contributed by atoms with E-state index in [1.165, 1.54) is 6.20 Å². The van der Waals surface area contributed by atoms with Crippen molar-refractivity contribution in [3.05, 3.63) is 83.3 Å². The molecule has 6 nitrogen and oxygen atoms in total. The Morgan fingerprint density at radius 3 is 2.54 bits per heavy atom. The topological polar surface area (TPSA) is 63.3 Å². The average Bonchev–Trinajstić information content (AvgIpc) is 3.44. The molecule has 37 heavy (non-hydrogen) atoms. The molecule has 0 atom stereocenters. The lowest BCUT2D eigenvalue weighted by Gasteiger charge is -2.47. The highest BCUT2D eigenvalue weighted by Gasteiger charge is 2.42. The molecule has 1 aliphatic carbocycles. The molecule has 0 radical (unpaired) electrons. The van der Waals surface area contributed by atoms with E-state index in [1.807, 2.05) is 54.9 Å². The standard InChI is InChI=1S/C29H28F2N4O2/c1-18-5-3-4-6-24(18)35-26(22(16-32-35)27(30)31)19-14-29(15-19)9-11-34(12-10-29)20-7-8-21-23(28(36)37)17-33(2)25(21)13-20/h3-8,13-14,16-17,27H,9-12,15H2,1-2H3,(H,36,37). The Hall–Kier alpha value is -3.94. The van der Waals surface area contributed by atoms with Crippen molar-refractivity contribution in [2.24, 2.45) is 12.5 Å². The summed E-state index contributed by atoms with van der Waals surface area (Å²) in [5.41, 5.74) is 5.55. The van der Waals surface area contributed by atoms with E-state index in [0.717, 1.165) is 65.8 Å². The molecule has 1 N–H and O–H groups in total. The van der Waals surface area contributed by atoms with Crippen LogP contribution in [0.1, 0.15) is 52.9 Å². The number of halogens is 2. The Bertz CT molecular complexity index is 1560. The first kappa shape index (κ1) is 23.5. The number of nitrogens with zero attached hydrogens (tertiary/aromatic N) is 4. The van der Waals surface area contributed by atoms with Gasteiger partial charge in [-0.2, -0.15) is 5.10 Å². The van der Waals surface area contributed by atoms with E-state index in [4.69, 9.17) is 0 Å². The quantitative estimate of drug-likeness (QED) is 0.344. The van der Waals surface area contributed by atoms with Crippen LogP contribution in [-0.2, 0) is 7.05 Å². The number of hydrogen-bond donors (Lipinski definition) is 1. The van der Waals surface area contributed by atoms with Crippen LogP contribution in [0.15, 0.2) is 60.9 Å². The molecule has 1 fully saturated rings. The number of aryl methyl sites for hydroxylation is 2. The second kappa shape index (κ2) is 8.57. The third-order valence-electron chi connectivity index (χ3n) is 8.03. The van der Waals surface area contributed by atoms with Crippen molar-refractivity contribution >= 4 is 28.1 Å². The van der Waals surface area contributed by atoms with Crippen molar-refractivity contribution in [3.63, 3.8) is 0 Å². The summed E-state index contributed by atoms with van der Waals surface area (Å²) in [7, 11) is 1.86. The van der Waals surface area contributed by atoms with Gasteiger partial charge in [-0.3, -0.25) is 0 Å². The summed E-state index contributed by atoms with van der Waals surface area (Å²) in [5, 5.41) is 14.5. The molecular formula is C29H28F2N4O2. The predicted octanol–water partition coefficient (Wildman–Crippen LogP) is 6.38. The zero-order chi connectivity index (χ0) is 25.9. The molecule has 0 saturated carbocycles. The Morgan fingerprint density at radius 1 is 1.14 bits per heavy atom. The molecule has 2 aromatic carbocycles. The fourth-order valence-electron chi connectivity index (χ4n) is 5.97. The molecule has 190 valence electrons. The number of piperidine rings is 1. The normalized spacial score (nSPS) is 16.9. The third kappa shape index (κ3) is 3.82. The van der Waals surface area contributed by atoms with Crippen LogP contribution in [0.5, 0.6) is 0 Å². The number of rotatable bonds is 5. The number of benzene rings is 2. The van der Waals surface area contributed by atoms with Crippen molar-refractivity contribution in [1.29, 1.82) is 0 Å². The first-order chi connectivity index (χ1) is 17.8. The number of anilines is 1. The van der Waals surface area contributed by atoms with Gasteiger partial charge in [0.25, 0.3) is 6.43 Å². The minimum absolute atomic E-state index is 0.0115. The molecule has 1 aliphatic heterocycles. The fourth-order valence-corrected chi connectivity index (χ4v) is 5.97. The van der Waals surface area contributed by atoms with Crippen LogP contribution in [-0.4, -0.2) is 38.5 Å². The minimum atomic E-state index is -2.58. The van der Waals surface area contributed by atoms with Crippen LogP contribution in [0.2, 0.25) is 0 Å². The number of allylic oxidation sites excluding steroid dienone is 2. The number of carboxylic acid groups (broad SMARTS) is 1. The number of alkyl halides is 2. The molecule has 0 bridgehead atoms. The molecule has 0 unspecified atom stereocenters. The van der Waals surface area contributed by atoms with Gasteiger partial charge in [-0.05, 0) is 67.0 Å². The summed E-state index contributed by atoms with van der Waals surface area (Å²) in [5.74, 6) is -0.926. The highest BCUT2D eigenvalue weighted by molar-refractivity contribution is 6.04. The Labute approximate surface area is 213 Å². The van der Waals surface area contributed by atoms with Crippen molar-refractivity contribution < 1.29 is 18.7 Å². The molecule has 6 rings (SSSR count). The van der Waals surface area contributed by atoms with Crippen LogP contribution in [0.3, 0.4) is 0 Å². The molecule has 2 aliphatic rings. The maximum absolute atomic E-state index is 13.9.